The average Bonchev–Trinajstić information content (AvgIpc) is 2.88. The maximum Gasteiger partial charge on any atom is 0.319 e. The second kappa shape index (κ2) is 10.2. The minimum atomic E-state index is -0.327. The van der Waals surface area contributed by atoms with Crippen LogP contribution in [-0.4, -0.2) is 24.0 Å². The maximum absolute atomic E-state index is 13.1. The number of aromatic nitrogens is 1. The molecule has 0 bridgehead atoms. The number of nitrogens with zero attached hydrogens (tertiary/aromatic N) is 2. The van der Waals surface area contributed by atoms with Gasteiger partial charge < -0.3 is 15.5 Å². The molecule has 0 saturated heterocycles. The molecule has 0 aliphatic rings. The summed E-state index contributed by atoms with van der Waals surface area (Å²) in [4.78, 5) is 31.0. The number of pyridine rings is 1. The van der Waals surface area contributed by atoms with E-state index in [4.69, 9.17) is 0 Å². The van der Waals surface area contributed by atoms with Gasteiger partial charge in [0, 0.05) is 42.8 Å². The summed E-state index contributed by atoms with van der Waals surface area (Å²) in [6.07, 6.45) is 3.39. The third-order valence-corrected chi connectivity index (χ3v) is 5.22. The van der Waals surface area contributed by atoms with Crippen LogP contribution < -0.4 is 15.5 Å². The minimum absolute atomic E-state index is 0.133. The van der Waals surface area contributed by atoms with Crippen molar-refractivity contribution < 1.29 is 9.59 Å². The molecule has 4 rings (SSSR count). The molecule has 0 fully saturated rings. The lowest BCUT2D eigenvalue weighted by Crippen LogP contribution is -2.28. The number of hydrogen-bond acceptors (Lipinski definition) is 3. The Hall–Kier alpha value is -4.45. The molecule has 0 spiro atoms. The van der Waals surface area contributed by atoms with Crippen molar-refractivity contribution >= 4 is 23.3 Å². The molecule has 0 aliphatic carbocycles. The number of amides is 3. The minimum Gasteiger partial charge on any atom is -0.334 e. The lowest BCUT2D eigenvalue weighted by Gasteiger charge is -2.21. The van der Waals surface area contributed by atoms with Gasteiger partial charge in [0.1, 0.15) is 0 Å². The summed E-state index contributed by atoms with van der Waals surface area (Å²) in [5.74, 6) is -0.133. The van der Waals surface area contributed by atoms with Crippen LogP contribution >= 0.6 is 0 Å². The standard InChI is InChI=1S/C27H24N4O2/c1-31(25-12-6-5-11-24(25)21-9-3-2-4-10-21)26(32)22-13-15-23(16-14-22)30-27(33)29-19-20-8-7-17-28-18-20/h2-18H,19H2,1H3,(H2,29,30,33). The van der Waals surface area contributed by atoms with Gasteiger partial charge in [-0.15, -0.1) is 0 Å². The van der Waals surface area contributed by atoms with Crippen molar-refractivity contribution in [3.8, 4) is 11.1 Å². The Balaban J connectivity index is 1.42. The number of para-hydroxylation sites is 1. The molecule has 3 aromatic carbocycles. The van der Waals surface area contributed by atoms with Gasteiger partial charge in [-0.05, 0) is 47.5 Å². The average molecular weight is 437 g/mol. The molecule has 0 aliphatic heterocycles. The molecule has 0 radical (unpaired) electrons. The molecule has 6 heteroatoms. The third kappa shape index (κ3) is 5.43. The van der Waals surface area contributed by atoms with Crippen LogP contribution in [0.25, 0.3) is 11.1 Å². The first kappa shape index (κ1) is 21.8. The van der Waals surface area contributed by atoms with E-state index in [0.717, 1.165) is 22.4 Å². The summed E-state index contributed by atoms with van der Waals surface area (Å²) in [7, 11) is 1.77. The molecule has 3 amide bonds. The van der Waals surface area contributed by atoms with Crippen molar-refractivity contribution in [3.63, 3.8) is 0 Å². The quantitative estimate of drug-likeness (QED) is 0.428. The van der Waals surface area contributed by atoms with E-state index in [1.807, 2.05) is 66.7 Å². The molecule has 0 atom stereocenters. The zero-order chi connectivity index (χ0) is 23.0. The number of rotatable bonds is 6. The first-order valence-electron chi connectivity index (χ1n) is 10.6. The van der Waals surface area contributed by atoms with Gasteiger partial charge >= 0.3 is 6.03 Å². The summed E-state index contributed by atoms with van der Waals surface area (Å²) < 4.78 is 0. The molecule has 4 aromatic rings. The number of carbonyl (C=O) groups excluding carboxylic acids is 2. The molecule has 1 heterocycles. The molecule has 2 N–H and O–H groups in total. The topological polar surface area (TPSA) is 74.3 Å². The van der Waals surface area contributed by atoms with Crippen LogP contribution in [0.2, 0.25) is 0 Å². The highest BCUT2D eigenvalue weighted by atomic mass is 16.2. The Morgan fingerprint density at radius 3 is 2.30 bits per heavy atom. The van der Waals surface area contributed by atoms with Crippen LogP contribution in [0.15, 0.2) is 103 Å². The molecular weight excluding hydrogens is 412 g/mol. The van der Waals surface area contributed by atoms with E-state index in [1.54, 1.807) is 48.6 Å². The molecule has 0 saturated carbocycles. The van der Waals surface area contributed by atoms with Crippen molar-refractivity contribution in [1.29, 1.82) is 0 Å². The highest BCUT2D eigenvalue weighted by molar-refractivity contribution is 6.08. The molecular formula is C27H24N4O2. The van der Waals surface area contributed by atoms with Crippen LogP contribution in [0, 0.1) is 0 Å². The monoisotopic (exact) mass is 436 g/mol. The summed E-state index contributed by atoms with van der Waals surface area (Å²) in [5.41, 5.74) is 4.89. The zero-order valence-electron chi connectivity index (χ0n) is 18.2. The molecule has 33 heavy (non-hydrogen) atoms. The summed E-state index contributed by atoms with van der Waals surface area (Å²) >= 11 is 0. The summed E-state index contributed by atoms with van der Waals surface area (Å²) in [6, 6.07) is 28.0. The van der Waals surface area contributed by atoms with Crippen LogP contribution in [0.4, 0.5) is 16.2 Å². The molecule has 164 valence electrons. The van der Waals surface area contributed by atoms with E-state index in [9.17, 15) is 9.59 Å². The van der Waals surface area contributed by atoms with Crippen LogP contribution in [-0.2, 0) is 6.54 Å². The number of urea groups is 1. The molecule has 1 aromatic heterocycles. The number of hydrogen-bond donors (Lipinski definition) is 2. The summed E-state index contributed by atoms with van der Waals surface area (Å²) in [5, 5.41) is 5.56. The predicted octanol–water partition coefficient (Wildman–Crippen LogP) is 5.35. The van der Waals surface area contributed by atoms with Gasteiger partial charge in [0.25, 0.3) is 5.91 Å². The highest BCUT2D eigenvalue weighted by Gasteiger charge is 2.17. The Kier molecular flexibility index (Phi) is 6.75. The fourth-order valence-electron chi connectivity index (χ4n) is 3.49. The van der Waals surface area contributed by atoms with Gasteiger partial charge in [-0.25, -0.2) is 4.79 Å². The zero-order valence-corrected chi connectivity index (χ0v) is 18.2. The smallest absolute Gasteiger partial charge is 0.319 e. The third-order valence-electron chi connectivity index (χ3n) is 5.22. The van der Waals surface area contributed by atoms with Crippen molar-refractivity contribution in [3.05, 3.63) is 115 Å². The van der Waals surface area contributed by atoms with Gasteiger partial charge in [0.2, 0.25) is 0 Å². The van der Waals surface area contributed by atoms with Crippen molar-refractivity contribution in [1.82, 2.24) is 10.3 Å². The highest BCUT2D eigenvalue weighted by Crippen LogP contribution is 2.30. The number of anilines is 2. The van der Waals surface area contributed by atoms with Gasteiger partial charge in [-0.2, -0.15) is 0 Å². The van der Waals surface area contributed by atoms with E-state index in [1.165, 1.54) is 0 Å². The first-order chi connectivity index (χ1) is 16.1. The SMILES string of the molecule is CN(C(=O)c1ccc(NC(=O)NCc2cccnc2)cc1)c1ccccc1-c1ccccc1. The van der Waals surface area contributed by atoms with E-state index in [-0.39, 0.29) is 11.9 Å². The van der Waals surface area contributed by atoms with Crippen molar-refractivity contribution in [2.75, 3.05) is 17.3 Å². The van der Waals surface area contributed by atoms with Crippen LogP contribution in [0.5, 0.6) is 0 Å². The fourth-order valence-corrected chi connectivity index (χ4v) is 3.49. The van der Waals surface area contributed by atoms with E-state index in [0.29, 0.717) is 17.8 Å². The van der Waals surface area contributed by atoms with E-state index in [2.05, 4.69) is 15.6 Å². The van der Waals surface area contributed by atoms with Crippen molar-refractivity contribution in [2.24, 2.45) is 0 Å². The first-order valence-corrected chi connectivity index (χ1v) is 10.6. The lowest BCUT2D eigenvalue weighted by molar-refractivity contribution is 0.0993. The van der Waals surface area contributed by atoms with Gasteiger partial charge in [-0.3, -0.25) is 9.78 Å². The maximum atomic E-state index is 13.1. The van der Waals surface area contributed by atoms with Gasteiger partial charge in [-0.1, -0.05) is 54.6 Å². The second-order valence-corrected chi connectivity index (χ2v) is 7.49. The van der Waals surface area contributed by atoms with E-state index >= 15 is 0 Å². The lowest BCUT2D eigenvalue weighted by atomic mass is 10.0. The van der Waals surface area contributed by atoms with Crippen molar-refractivity contribution in [2.45, 2.75) is 6.54 Å². The molecule has 6 nitrogen and oxygen atoms in total. The Bertz CT molecular complexity index is 1230. The fraction of sp³-hybridized carbons (Fsp3) is 0.0741. The summed E-state index contributed by atoms with van der Waals surface area (Å²) in [6.45, 7) is 0.377. The van der Waals surface area contributed by atoms with Gasteiger partial charge in [0.05, 0.1) is 5.69 Å². The Labute approximate surface area is 192 Å². The normalized spacial score (nSPS) is 10.3. The number of nitrogens with one attached hydrogen (secondary N) is 2. The Morgan fingerprint density at radius 1 is 0.848 bits per heavy atom. The number of benzene rings is 3. The van der Waals surface area contributed by atoms with E-state index < -0.39 is 0 Å². The Morgan fingerprint density at radius 2 is 1.58 bits per heavy atom. The molecule has 0 unspecified atom stereocenters. The number of carbonyl (C=O) groups is 2. The second-order valence-electron chi connectivity index (χ2n) is 7.49. The predicted molar refractivity (Wildman–Crippen MR) is 131 cm³/mol. The van der Waals surface area contributed by atoms with Crippen LogP contribution in [0.3, 0.4) is 0 Å². The van der Waals surface area contributed by atoms with Gasteiger partial charge in [0.15, 0.2) is 0 Å². The van der Waals surface area contributed by atoms with Crippen LogP contribution in [0.1, 0.15) is 15.9 Å². The largest absolute Gasteiger partial charge is 0.334 e.